The molecule has 0 unspecified atom stereocenters. The Bertz CT molecular complexity index is 393. The van der Waals surface area contributed by atoms with E-state index in [9.17, 15) is 13.2 Å². The molecule has 6 heteroatoms. The van der Waals surface area contributed by atoms with Crippen molar-refractivity contribution in [2.45, 2.75) is 12.7 Å². The van der Waals surface area contributed by atoms with Crippen LogP contribution in [-0.4, -0.2) is 38.9 Å². The van der Waals surface area contributed by atoms with Crippen LogP contribution in [0.15, 0.2) is 18.2 Å². The first kappa shape index (κ1) is 14.6. The molecule has 0 N–H and O–H groups in total. The molecule has 0 spiro atoms. The summed E-state index contributed by atoms with van der Waals surface area (Å²) in [5.41, 5.74) is 0.656. The number of methoxy groups -OCH3 is 2. The summed E-state index contributed by atoms with van der Waals surface area (Å²) in [5.74, 6) is 1.14. The molecule has 0 saturated carbocycles. The SMILES string of the molecule is COc1ccc(OC)c(CN(C)CC(F)(F)F)c1. The molecule has 1 aromatic carbocycles. The average Bonchev–Trinajstić information content (AvgIpc) is 2.26. The molecule has 1 aromatic rings. The van der Waals surface area contributed by atoms with E-state index in [1.165, 1.54) is 26.2 Å². The topological polar surface area (TPSA) is 21.7 Å². The monoisotopic (exact) mass is 263 g/mol. The molecule has 0 saturated heterocycles. The van der Waals surface area contributed by atoms with Crippen LogP contribution in [0.4, 0.5) is 13.2 Å². The number of alkyl halides is 3. The second-order valence-corrected chi connectivity index (χ2v) is 3.97. The lowest BCUT2D eigenvalue weighted by atomic mass is 10.1. The summed E-state index contributed by atoms with van der Waals surface area (Å²) < 4.78 is 46.9. The number of nitrogens with zero attached hydrogens (tertiary/aromatic N) is 1. The smallest absolute Gasteiger partial charge is 0.401 e. The first-order chi connectivity index (χ1) is 8.35. The number of ether oxygens (including phenoxy) is 2. The summed E-state index contributed by atoms with van der Waals surface area (Å²) in [4.78, 5) is 1.18. The van der Waals surface area contributed by atoms with Crippen molar-refractivity contribution in [2.24, 2.45) is 0 Å². The maximum absolute atomic E-state index is 12.2. The quantitative estimate of drug-likeness (QED) is 0.815. The molecule has 0 amide bonds. The molecule has 0 aliphatic rings. The van der Waals surface area contributed by atoms with Crippen LogP contribution in [0.2, 0.25) is 0 Å². The van der Waals surface area contributed by atoms with Crippen LogP contribution >= 0.6 is 0 Å². The molecule has 0 bridgehead atoms. The van der Waals surface area contributed by atoms with Gasteiger partial charge in [0, 0.05) is 12.1 Å². The summed E-state index contributed by atoms with van der Waals surface area (Å²) >= 11 is 0. The van der Waals surface area contributed by atoms with E-state index >= 15 is 0 Å². The Hall–Kier alpha value is -1.43. The number of benzene rings is 1. The van der Waals surface area contributed by atoms with Crippen LogP contribution in [0.1, 0.15) is 5.56 Å². The number of hydrogen-bond acceptors (Lipinski definition) is 3. The highest BCUT2D eigenvalue weighted by molar-refractivity contribution is 5.40. The fourth-order valence-electron chi connectivity index (χ4n) is 1.66. The number of hydrogen-bond donors (Lipinski definition) is 0. The van der Waals surface area contributed by atoms with E-state index in [-0.39, 0.29) is 6.54 Å². The fourth-order valence-corrected chi connectivity index (χ4v) is 1.66. The van der Waals surface area contributed by atoms with E-state index in [1.807, 2.05) is 0 Å². The zero-order valence-corrected chi connectivity index (χ0v) is 10.5. The van der Waals surface area contributed by atoms with Crippen molar-refractivity contribution in [3.05, 3.63) is 23.8 Å². The molecule has 0 aliphatic carbocycles. The van der Waals surface area contributed by atoms with E-state index < -0.39 is 12.7 Å². The van der Waals surface area contributed by atoms with Crippen LogP contribution in [0.5, 0.6) is 11.5 Å². The second-order valence-electron chi connectivity index (χ2n) is 3.97. The molecule has 0 radical (unpaired) electrons. The van der Waals surface area contributed by atoms with E-state index in [4.69, 9.17) is 9.47 Å². The van der Waals surface area contributed by atoms with Crippen molar-refractivity contribution >= 4 is 0 Å². The van der Waals surface area contributed by atoms with Gasteiger partial charge in [-0.1, -0.05) is 0 Å². The van der Waals surface area contributed by atoms with Gasteiger partial charge >= 0.3 is 6.18 Å². The van der Waals surface area contributed by atoms with Gasteiger partial charge in [0.2, 0.25) is 0 Å². The van der Waals surface area contributed by atoms with Crippen LogP contribution in [0, 0.1) is 0 Å². The minimum Gasteiger partial charge on any atom is -0.497 e. The highest BCUT2D eigenvalue weighted by atomic mass is 19.4. The molecule has 0 fully saturated rings. The first-order valence-corrected chi connectivity index (χ1v) is 5.32. The molecule has 3 nitrogen and oxygen atoms in total. The second kappa shape index (κ2) is 5.95. The molecule has 0 aromatic heterocycles. The van der Waals surface area contributed by atoms with E-state index in [1.54, 1.807) is 18.2 Å². The third-order valence-electron chi connectivity index (χ3n) is 2.38. The third kappa shape index (κ3) is 4.44. The number of rotatable bonds is 5. The Labute approximate surface area is 104 Å². The van der Waals surface area contributed by atoms with E-state index in [2.05, 4.69) is 0 Å². The summed E-state index contributed by atoms with van der Waals surface area (Å²) in [6, 6.07) is 5.05. The highest BCUT2D eigenvalue weighted by Crippen LogP contribution is 2.26. The summed E-state index contributed by atoms with van der Waals surface area (Å²) in [5, 5.41) is 0. The maximum atomic E-state index is 12.2. The van der Waals surface area contributed by atoms with Gasteiger partial charge in [0.25, 0.3) is 0 Å². The zero-order chi connectivity index (χ0) is 13.8. The summed E-state index contributed by atoms with van der Waals surface area (Å²) in [7, 11) is 4.40. The van der Waals surface area contributed by atoms with Gasteiger partial charge in [-0.05, 0) is 25.2 Å². The molecule has 0 heterocycles. The lowest BCUT2D eigenvalue weighted by Crippen LogP contribution is -2.30. The Morgan fingerprint density at radius 3 is 2.33 bits per heavy atom. The van der Waals surface area contributed by atoms with Gasteiger partial charge in [0.05, 0.1) is 20.8 Å². The fraction of sp³-hybridized carbons (Fsp3) is 0.500. The van der Waals surface area contributed by atoms with Crippen LogP contribution in [0.3, 0.4) is 0 Å². The van der Waals surface area contributed by atoms with Gasteiger partial charge in [-0.2, -0.15) is 13.2 Å². The molecule has 102 valence electrons. The number of halogens is 3. The van der Waals surface area contributed by atoms with Crippen molar-refractivity contribution < 1.29 is 22.6 Å². The van der Waals surface area contributed by atoms with Crippen LogP contribution in [0.25, 0.3) is 0 Å². The van der Waals surface area contributed by atoms with Gasteiger partial charge in [0.1, 0.15) is 11.5 Å². The zero-order valence-electron chi connectivity index (χ0n) is 10.5. The Morgan fingerprint density at radius 1 is 1.17 bits per heavy atom. The van der Waals surface area contributed by atoms with Crippen LogP contribution in [-0.2, 0) is 6.54 Å². The summed E-state index contributed by atoms with van der Waals surface area (Å²) in [6.45, 7) is -0.826. The third-order valence-corrected chi connectivity index (χ3v) is 2.38. The molecule has 1 rings (SSSR count). The van der Waals surface area contributed by atoms with Gasteiger partial charge in [-0.3, -0.25) is 4.90 Å². The minimum absolute atomic E-state index is 0.139. The van der Waals surface area contributed by atoms with Crippen molar-refractivity contribution in [3.8, 4) is 11.5 Å². The minimum atomic E-state index is -4.21. The molecular weight excluding hydrogens is 247 g/mol. The molecule has 0 atom stereocenters. The van der Waals surface area contributed by atoms with E-state index in [0.29, 0.717) is 17.1 Å². The predicted molar refractivity (Wildman–Crippen MR) is 61.9 cm³/mol. The lowest BCUT2D eigenvalue weighted by Gasteiger charge is -2.20. The van der Waals surface area contributed by atoms with Crippen molar-refractivity contribution in [1.29, 1.82) is 0 Å². The van der Waals surface area contributed by atoms with Crippen LogP contribution < -0.4 is 9.47 Å². The van der Waals surface area contributed by atoms with Gasteiger partial charge < -0.3 is 9.47 Å². The standard InChI is InChI=1S/C12H16F3NO2/c1-16(8-12(13,14)15)7-9-6-10(17-2)4-5-11(9)18-3/h4-6H,7-8H2,1-3H3. The van der Waals surface area contributed by atoms with Gasteiger partial charge in [0.15, 0.2) is 0 Å². The van der Waals surface area contributed by atoms with E-state index in [0.717, 1.165) is 0 Å². The Morgan fingerprint density at radius 2 is 1.83 bits per heavy atom. The molecule has 0 aliphatic heterocycles. The van der Waals surface area contributed by atoms with Gasteiger partial charge in [-0.25, -0.2) is 0 Å². The lowest BCUT2D eigenvalue weighted by molar-refractivity contribution is -0.144. The van der Waals surface area contributed by atoms with Crippen molar-refractivity contribution in [3.63, 3.8) is 0 Å². The average molecular weight is 263 g/mol. The normalized spacial score (nSPS) is 11.7. The largest absolute Gasteiger partial charge is 0.497 e. The van der Waals surface area contributed by atoms with Crippen molar-refractivity contribution in [1.82, 2.24) is 4.90 Å². The Kier molecular flexibility index (Phi) is 4.84. The molecular formula is C12H16F3NO2. The summed E-state index contributed by atoms with van der Waals surface area (Å²) in [6.07, 6.45) is -4.21. The highest BCUT2D eigenvalue weighted by Gasteiger charge is 2.29. The Balaban J connectivity index is 2.81. The van der Waals surface area contributed by atoms with Crippen molar-refractivity contribution in [2.75, 3.05) is 27.8 Å². The molecule has 18 heavy (non-hydrogen) atoms. The predicted octanol–water partition coefficient (Wildman–Crippen LogP) is 2.70. The maximum Gasteiger partial charge on any atom is 0.401 e. The van der Waals surface area contributed by atoms with Gasteiger partial charge in [-0.15, -0.1) is 0 Å². The first-order valence-electron chi connectivity index (χ1n) is 5.32.